The van der Waals surface area contributed by atoms with Crippen LogP contribution in [-0.4, -0.2) is 16.1 Å². The van der Waals surface area contributed by atoms with Crippen LogP contribution < -0.4 is 0 Å². The third kappa shape index (κ3) is 4.74. The predicted octanol–water partition coefficient (Wildman–Crippen LogP) is 5.43. The van der Waals surface area contributed by atoms with Gasteiger partial charge in [0.1, 0.15) is 5.69 Å². The lowest BCUT2D eigenvalue weighted by Crippen LogP contribution is -2.06. The number of alkyl halides is 3. The summed E-state index contributed by atoms with van der Waals surface area (Å²) in [6.07, 6.45) is -1.42. The molecule has 0 spiro atoms. The Labute approximate surface area is 141 Å². The minimum atomic E-state index is -4.37. The molecule has 0 fully saturated rings. The average molecular weight is 355 g/mol. The summed E-state index contributed by atoms with van der Waals surface area (Å²) in [5.74, 6) is -1.12. The Kier molecular flexibility index (Phi) is 5.88. The monoisotopic (exact) mass is 355 g/mol. The highest BCUT2D eigenvalue weighted by molar-refractivity contribution is 7.99. The third-order valence-electron chi connectivity index (χ3n) is 3.37. The van der Waals surface area contributed by atoms with Crippen LogP contribution in [0.4, 0.5) is 13.2 Å². The zero-order chi connectivity index (χ0) is 17.7. The molecular formula is C17H16F3NO2S. The molecule has 2 aromatic rings. The Morgan fingerprint density at radius 3 is 2.58 bits per heavy atom. The van der Waals surface area contributed by atoms with Crippen LogP contribution in [0.1, 0.15) is 46.6 Å². The van der Waals surface area contributed by atoms with Crippen LogP contribution in [0.15, 0.2) is 47.5 Å². The second-order valence-corrected chi connectivity index (χ2v) is 6.48. The molecule has 1 unspecified atom stereocenters. The van der Waals surface area contributed by atoms with Gasteiger partial charge in [-0.15, -0.1) is 11.8 Å². The maximum absolute atomic E-state index is 12.9. The zero-order valence-corrected chi connectivity index (χ0v) is 13.7. The summed E-state index contributed by atoms with van der Waals surface area (Å²) < 4.78 is 38.7. The molecule has 1 aromatic carbocycles. The van der Waals surface area contributed by atoms with E-state index in [0.717, 1.165) is 17.4 Å². The van der Waals surface area contributed by atoms with Gasteiger partial charge in [0.15, 0.2) is 0 Å². The third-order valence-corrected chi connectivity index (χ3v) is 4.68. The van der Waals surface area contributed by atoms with Crippen LogP contribution >= 0.6 is 11.8 Å². The number of benzene rings is 1. The summed E-state index contributed by atoms with van der Waals surface area (Å²) in [5.41, 5.74) is -0.134. The molecule has 3 nitrogen and oxygen atoms in total. The SMILES string of the molecule is CCCC(Sc1ccc(C(=O)O)nc1)c1cccc(C(F)(F)F)c1. The predicted molar refractivity (Wildman–Crippen MR) is 86.1 cm³/mol. The number of rotatable bonds is 6. The van der Waals surface area contributed by atoms with Crippen molar-refractivity contribution >= 4 is 17.7 Å². The van der Waals surface area contributed by atoms with Crippen molar-refractivity contribution in [1.29, 1.82) is 0 Å². The van der Waals surface area contributed by atoms with E-state index in [1.54, 1.807) is 12.1 Å². The van der Waals surface area contributed by atoms with Gasteiger partial charge >= 0.3 is 12.1 Å². The molecule has 0 saturated heterocycles. The average Bonchev–Trinajstić information content (AvgIpc) is 2.54. The van der Waals surface area contributed by atoms with E-state index < -0.39 is 17.7 Å². The first-order valence-corrected chi connectivity index (χ1v) is 8.22. The maximum Gasteiger partial charge on any atom is 0.416 e. The van der Waals surface area contributed by atoms with Crippen LogP contribution in [-0.2, 0) is 6.18 Å². The molecule has 0 amide bonds. The van der Waals surface area contributed by atoms with Crippen molar-refractivity contribution in [3.8, 4) is 0 Å². The molecule has 1 heterocycles. The summed E-state index contributed by atoms with van der Waals surface area (Å²) in [5, 5.41) is 8.69. The van der Waals surface area contributed by atoms with Crippen molar-refractivity contribution in [1.82, 2.24) is 4.98 Å². The van der Waals surface area contributed by atoms with Gasteiger partial charge in [-0.05, 0) is 30.2 Å². The second kappa shape index (κ2) is 7.70. The lowest BCUT2D eigenvalue weighted by Gasteiger charge is -2.18. The Morgan fingerprint density at radius 2 is 2.04 bits per heavy atom. The highest BCUT2D eigenvalue weighted by atomic mass is 32.2. The molecular weight excluding hydrogens is 339 g/mol. The van der Waals surface area contributed by atoms with Crippen molar-refractivity contribution in [3.63, 3.8) is 0 Å². The fourth-order valence-corrected chi connectivity index (χ4v) is 3.44. The van der Waals surface area contributed by atoms with E-state index in [4.69, 9.17) is 5.11 Å². The van der Waals surface area contributed by atoms with Crippen molar-refractivity contribution in [3.05, 3.63) is 59.4 Å². The molecule has 1 N–H and O–H groups in total. The minimum Gasteiger partial charge on any atom is -0.477 e. The first-order chi connectivity index (χ1) is 11.3. The molecule has 1 aromatic heterocycles. The number of carboxylic acid groups (broad SMARTS) is 1. The van der Waals surface area contributed by atoms with Crippen molar-refractivity contribution in [2.24, 2.45) is 0 Å². The molecule has 0 radical (unpaired) electrons. The van der Waals surface area contributed by atoms with Crippen LogP contribution in [0.2, 0.25) is 0 Å². The van der Waals surface area contributed by atoms with Crippen molar-refractivity contribution < 1.29 is 23.1 Å². The Hall–Kier alpha value is -2.02. The standard InChI is InChI=1S/C17H16F3NO2S/c1-2-4-15(11-5-3-6-12(9-11)17(18,19)20)24-13-7-8-14(16(22)23)21-10-13/h3,5-10,15H,2,4H2,1H3,(H,22,23). The zero-order valence-electron chi connectivity index (χ0n) is 12.9. The molecule has 128 valence electrons. The summed E-state index contributed by atoms with van der Waals surface area (Å²) in [6.45, 7) is 1.97. The number of halogens is 3. The van der Waals surface area contributed by atoms with Crippen LogP contribution in [0.25, 0.3) is 0 Å². The van der Waals surface area contributed by atoms with Gasteiger partial charge in [-0.3, -0.25) is 0 Å². The van der Waals surface area contributed by atoms with E-state index in [9.17, 15) is 18.0 Å². The number of aromatic nitrogens is 1. The summed E-state index contributed by atoms with van der Waals surface area (Å²) in [4.78, 5) is 15.4. The lowest BCUT2D eigenvalue weighted by molar-refractivity contribution is -0.137. The Balaban J connectivity index is 2.24. The maximum atomic E-state index is 12.9. The van der Waals surface area contributed by atoms with Gasteiger partial charge in [0, 0.05) is 16.3 Å². The summed E-state index contributed by atoms with van der Waals surface area (Å²) >= 11 is 1.38. The molecule has 7 heteroatoms. The fraction of sp³-hybridized carbons (Fsp3) is 0.294. The molecule has 1 atom stereocenters. The van der Waals surface area contributed by atoms with Gasteiger partial charge in [0.05, 0.1) is 5.56 Å². The van der Waals surface area contributed by atoms with Crippen molar-refractivity contribution in [2.75, 3.05) is 0 Å². The first-order valence-electron chi connectivity index (χ1n) is 7.34. The fourth-order valence-electron chi connectivity index (χ4n) is 2.21. The minimum absolute atomic E-state index is 0.0644. The van der Waals surface area contributed by atoms with Gasteiger partial charge in [-0.1, -0.05) is 31.5 Å². The highest BCUT2D eigenvalue weighted by Crippen LogP contribution is 2.40. The van der Waals surface area contributed by atoms with E-state index in [2.05, 4.69) is 4.98 Å². The number of pyridine rings is 1. The molecule has 0 aliphatic carbocycles. The second-order valence-electron chi connectivity index (χ2n) is 5.20. The highest BCUT2D eigenvalue weighted by Gasteiger charge is 2.31. The van der Waals surface area contributed by atoms with E-state index in [-0.39, 0.29) is 10.9 Å². The molecule has 0 aliphatic rings. The summed E-state index contributed by atoms with van der Waals surface area (Å²) in [6, 6.07) is 8.33. The largest absolute Gasteiger partial charge is 0.477 e. The number of carbonyl (C=O) groups is 1. The van der Waals surface area contributed by atoms with Gasteiger partial charge in [-0.25, -0.2) is 9.78 Å². The number of nitrogens with zero attached hydrogens (tertiary/aromatic N) is 1. The Bertz CT molecular complexity index is 702. The quantitative estimate of drug-likeness (QED) is 0.702. The number of hydrogen-bond donors (Lipinski definition) is 1. The molecule has 2 rings (SSSR count). The van der Waals surface area contributed by atoms with E-state index >= 15 is 0 Å². The molecule has 0 aliphatic heterocycles. The number of hydrogen-bond acceptors (Lipinski definition) is 3. The molecule has 0 saturated carbocycles. The van der Waals surface area contributed by atoms with Crippen molar-refractivity contribution in [2.45, 2.75) is 36.1 Å². The van der Waals surface area contributed by atoms with Crippen LogP contribution in [0, 0.1) is 0 Å². The lowest BCUT2D eigenvalue weighted by atomic mass is 10.0. The van der Waals surface area contributed by atoms with E-state index in [1.165, 1.54) is 36.2 Å². The summed E-state index contributed by atoms with van der Waals surface area (Å²) in [7, 11) is 0. The van der Waals surface area contributed by atoms with Gasteiger partial charge in [0.25, 0.3) is 0 Å². The number of aromatic carboxylic acids is 1. The van der Waals surface area contributed by atoms with Crippen LogP contribution in [0.5, 0.6) is 0 Å². The van der Waals surface area contributed by atoms with E-state index in [1.807, 2.05) is 6.92 Å². The molecule has 0 bridgehead atoms. The first kappa shape index (κ1) is 18.3. The molecule has 24 heavy (non-hydrogen) atoms. The topological polar surface area (TPSA) is 50.2 Å². The van der Waals surface area contributed by atoms with Crippen LogP contribution in [0.3, 0.4) is 0 Å². The smallest absolute Gasteiger partial charge is 0.416 e. The Morgan fingerprint density at radius 1 is 1.29 bits per heavy atom. The van der Waals surface area contributed by atoms with E-state index in [0.29, 0.717) is 12.0 Å². The van der Waals surface area contributed by atoms with Gasteiger partial charge < -0.3 is 5.11 Å². The van der Waals surface area contributed by atoms with Gasteiger partial charge in [-0.2, -0.15) is 13.2 Å². The van der Waals surface area contributed by atoms with Gasteiger partial charge in [0.2, 0.25) is 0 Å². The number of carboxylic acids is 1. The number of thioether (sulfide) groups is 1. The normalized spacial score (nSPS) is 12.8.